The van der Waals surface area contributed by atoms with E-state index in [2.05, 4.69) is 39.8 Å². The van der Waals surface area contributed by atoms with Crippen molar-refractivity contribution < 1.29 is 0 Å². The smallest absolute Gasteiger partial charge is 0.0925 e. The Morgan fingerprint density at radius 3 is 2.62 bits per heavy atom. The molecule has 2 rings (SSSR count). The molecule has 5 heteroatoms. The molecule has 0 aliphatic rings. The van der Waals surface area contributed by atoms with Gasteiger partial charge in [0.25, 0.3) is 0 Å². The van der Waals surface area contributed by atoms with E-state index in [4.69, 9.17) is 5.73 Å². The molecule has 5 nitrogen and oxygen atoms in total. The van der Waals surface area contributed by atoms with Gasteiger partial charge in [0, 0.05) is 25.0 Å². The second kappa shape index (κ2) is 7.90. The van der Waals surface area contributed by atoms with E-state index in [1.807, 2.05) is 12.3 Å². The summed E-state index contributed by atoms with van der Waals surface area (Å²) in [6.07, 6.45) is 5.78. The lowest BCUT2D eigenvalue weighted by atomic mass is 10.2. The van der Waals surface area contributed by atoms with E-state index < -0.39 is 0 Å². The fourth-order valence-corrected chi connectivity index (χ4v) is 2.35. The zero-order valence-corrected chi connectivity index (χ0v) is 13.0. The summed E-state index contributed by atoms with van der Waals surface area (Å²) in [4.78, 5) is 14.4. The average Bonchev–Trinajstić information content (AvgIpc) is 2.87. The first kappa shape index (κ1) is 15.7. The van der Waals surface area contributed by atoms with Crippen molar-refractivity contribution in [2.24, 2.45) is 5.73 Å². The molecule has 0 unspecified atom stereocenters. The standard InChI is InChI=1S/C16H25N5/c1-13-6-5-8-18-15(13)10-21(9-4-3-7-17)11-16-14(2)19-12-20-16/h5-6,8,12H,3-4,7,9-11,17H2,1-2H3,(H,19,20). The minimum absolute atomic E-state index is 0.748. The van der Waals surface area contributed by atoms with E-state index in [9.17, 15) is 0 Å². The van der Waals surface area contributed by atoms with Crippen molar-refractivity contribution in [3.63, 3.8) is 0 Å². The third-order valence-electron chi connectivity index (χ3n) is 3.73. The molecule has 0 amide bonds. The summed E-state index contributed by atoms with van der Waals surface area (Å²) in [5.41, 5.74) is 10.2. The van der Waals surface area contributed by atoms with Gasteiger partial charge in [0.1, 0.15) is 0 Å². The molecule has 0 atom stereocenters. The van der Waals surface area contributed by atoms with Crippen LogP contribution in [-0.4, -0.2) is 32.9 Å². The van der Waals surface area contributed by atoms with Crippen LogP contribution in [0.25, 0.3) is 0 Å². The highest BCUT2D eigenvalue weighted by Crippen LogP contribution is 2.12. The van der Waals surface area contributed by atoms with E-state index >= 15 is 0 Å². The van der Waals surface area contributed by atoms with Gasteiger partial charge in [-0.15, -0.1) is 0 Å². The molecule has 114 valence electrons. The van der Waals surface area contributed by atoms with Crippen molar-refractivity contribution in [2.75, 3.05) is 13.1 Å². The summed E-state index contributed by atoms with van der Waals surface area (Å²) in [5.74, 6) is 0. The first-order valence-corrected chi connectivity index (χ1v) is 7.52. The Morgan fingerprint density at radius 1 is 1.14 bits per heavy atom. The molecule has 0 bridgehead atoms. The van der Waals surface area contributed by atoms with Crippen molar-refractivity contribution in [3.8, 4) is 0 Å². The topological polar surface area (TPSA) is 70.8 Å². The van der Waals surface area contributed by atoms with Gasteiger partial charge in [-0.2, -0.15) is 0 Å². The number of imidazole rings is 1. The normalized spacial score (nSPS) is 11.2. The van der Waals surface area contributed by atoms with Gasteiger partial charge in [0.15, 0.2) is 0 Å². The molecule has 0 fully saturated rings. The van der Waals surface area contributed by atoms with E-state index in [-0.39, 0.29) is 0 Å². The highest BCUT2D eigenvalue weighted by molar-refractivity contribution is 5.17. The number of nitrogens with one attached hydrogen (secondary N) is 1. The van der Waals surface area contributed by atoms with Crippen LogP contribution in [0.4, 0.5) is 0 Å². The molecule has 0 aromatic carbocycles. The van der Waals surface area contributed by atoms with Gasteiger partial charge in [0.2, 0.25) is 0 Å². The van der Waals surface area contributed by atoms with Crippen LogP contribution in [0.15, 0.2) is 24.7 Å². The van der Waals surface area contributed by atoms with Gasteiger partial charge < -0.3 is 10.7 Å². The molecule has 0 aliphatic heterocycles. The largest absolute Gasteiger partial charge is 0.348 e. The molecule has 2 aromatic heterocycles. The maximum atomic E-state index is 5.60. The van der Waals surface area contributed by atoms with Crippen LogP contribution in [0.3, 0.4) is 0 Å². The summed E-state index contributed by atoms with van der Waals surface area (Å²) in [6, 6.07) is 4.09. The first-order valence-electron chi connectivity index (χ1n) is 7.52. The quantitative estimate of drug-likeness (QED) is 0.730. The third kappa shape index (κ3) is 4.65. The minimum atomic E-state index is 0.748. The maximum Gasteiger partial charge on any atom is 0.0925 e. The molecule has 0 radical (unpaired) electrons. The van der Waals surface area contributed by atoms with Gasteiger partial charge in [-0.3, -0.25) is 9.88 Å². The maximum absolute atomic E-state index is 5.60. The number of H-pyrrole nitrogens is 1. The summed E-state index contributed by atoms with van der Waals surface area (Å²) in [7, 11) is 0. The van der Waals surface area contributed by atoms with Gasteiger partial charge in [-0.05, 0) is 51.4 Å². The molecule has 2 aromatic rings. The van der Waals surface area contributed by atoms with Crippen molar-refractivity contribution in [2.45, 2.75) is 39.8 Å². The predicted molar refractivity (Wildman–Crippen MR) is 84.7 cm³/mol. The summed E-state index contributed by atoms with van der Waals surface area (Å²) < 4.78 is 0. The minimum Gasteiger partial charge on any atom is -0.348 e. The van der Waals surface area contributed by atoms with Crippen LogP contribution in [-0.2, 0) is 13.1 Å². The average molecular weight is 287 g/mol. The van der Waals surface area contributed by atoms with Gasteiger partial charge in [-0.1, -0.05) is 6.07 Å². The lowest BCUT2D eigenvalue weighted by Crippen LogP contribution is -2.26. The zero-order valence-electron chi connectivity index (χ0n) is 13.0. The highest BCUT2D eigenvalue weighted by atomic mass is 15.1. The molecular formula is C16H25N5. The van der Waals surface area contributed by atoms with Crippen molar-refractivity contribution in [1.82, 2.24) is 19.9 Å². The van der Waals surface area contributed by atoms with Crippen LogP contribution in [0.5, 0.6) is 0 Å². The SMILES string of the molecule is Cc1cccnc1CN(CCCCN)Cc1nc[nH]c1C. The Kier molecular flexibility index (Phi) is 5.90. The van der Waals surface area contributed by atoms with Crippen LogP contribution in [0.1, 0.15) is 35.5 Å². The van der Waals surface area contributed by atoms with Gasteiger partial charge in [0.05, 0.1) is 17.7 Å². The van der Waals surface area contributed by atoms with E-state index in [0.717, 1.165) is 56.1 Å². The Hall–Kier alpha value is -1.72. The van der Waals surface area contributed by atoms with Gasteiger partial charge in [-0.25, -0.2) is 4.98 Å². The second-order valence-corrected chi connectivity index (χ2v) is 5.45. The Morgan fingerprint density at radius 2 is 1.95 bits per heavy atom. The van der Waals surface area contributed by atoms with E-state index in [0.29, 0.717) is 0 Å². The summed E-state index contributed by atoms with van der Waals surface area (Å²) >= 11 is 0. The molecule has 2 heterocycles. The van der Waals surface area contributed by atoms with Crippen LogP contribution in [0, 0.1) is 13.8 Å². The number of pyridine rings is 1. The molecule has 0 spiro atoms. The lowest BCUT2D eigenvalue weighted by molar-refractivity contribution is 0.245. The summed E-state index contributed by atoms with van der Waals surface area (Å²) in [5, 5.41) is 0. The summed E-state index contributed by atoms with van der Waals surface area (Å²) in [6.45, 7) is 7.63. The van der Waals surface area contributed by atoms with Crippen molar-refractivity contribution in [3.05, 3.63) is 47.3 Å². The fourth-order valence-electron chi connectivity index (χ4n) is 2.35. The number of aromatic amines is 1. The molecular weight excluding hydrogens is 262 g/mol. The number of nitrogens with two attached hydrogens (primary N) is 1. The number of rotatable bonds is 8. The van der Waals surface area contributed by atoms with E-state index in [1.54, 1.807) is 6.33 Å². The number of aryl methyl sites for hydroxylation is 2. The van der Waals surface area contributed by atoms with Crippen molar-refractivity contribution >= 4 is 0 Å². The molecule has 3 N–H and O–H groups in total. The molecule has 21 heavy (non-hydrogen) atoms. The second-order valence-electron chi connectivity index (χ2n) is 5.45. The fraction of sp³-hybridized carbons (Fsp3) is 0.500. The first-order chi connectivity index (χ1) is 10.2. The van der Waals surface area contributed by atoms with Crippen LogP contribution < -0.4 is 5.73 Å². The zero-order chi connectivity index (χ0) is 15.1. The monoisotopic (exact) mass is 287 g/mol. The molecule has 0 aliphatic carbocycles. The third-order valence-corrected chi connectivity index (χ3v) is 3.73. The van der Waals surface area contributed by atoms with Crippen LogP contribution in [0.2, 0.25) is 0 Å². The van der Waals surface area contributed by atoms with Crippen molar-refractivity contribution in [1.29, 1.82) is 0 Å². The number of unbranched alkanes of at least 4 members (excludes halogenated alkanes) is 1. The van der Waals surface area contributed by atoms with E-state index in [1.165, 1.54) is 5.56 Å². The molecule has 0 saturated heterocycles. The number of hydrogen-bond donors (Lipinski definition) is 2. The number of aromatic nitrogens is 3. The van der Waals surface area contributed by atoms with Gasteiger partial charge >= 0.3 is 0 Å². The predicted octanol–water partition coefficient (Wildman–Crippen LogP) is 2.16. The number of hydrogen-bond acceptors (Lipinski definition) is 4. The Balaban J connectivity index is 2.04. The Labute approximate surface area is 126 Å². The highest BCUT2D eigenvalue weighted by Gasteiger charge is 2.12. The Bertz CT molecular complexity index is 549. The lowest BCUT2D eigenvalue weighted by Gasteiger charge is -2.22. The number of nitrogens with zero attached hydrogens (tertiary/aromatic N) is 3. The molecule has 0 saturated carbocycles. The van der Waals surface area contributed by atoms with Crippen LogP contribution >= 0.6 is 0 Å².